The second-order valence-electron chi connectivity index (χ2n) is 9.28. The zero-order valence-corrected chi connectivity index (χ0v) is 20.5. The van der Waals surface area contributed by atoms with Gasteiger partial charge in [-0.3, -0.25) is 0 Å². The van der Waals surface area contributed by atoms with Crippen LogP contribution in [0.2, 0.25) is 0 Å². The number of morpholine rings is 1. The molecule has 1 saturated heterocycles. The van der Waals surface area contributed by atoms with E-state index in [2.05, 4.69) is 53.3 Å². The van der Waals surface area contributed by atoms with Gasteiger partial charge >= 0.3 is 0 Å². The standard InChI is InChI=1S/C26H29N5O2S/c1-3-26(2)13-18-19(15-33-26)24(31-9-11-32-12-10-31)30-25-20(18)21-22(34-25)23(29-16-28-21)27-14-17-7-5-4-6-8-17/h4-8,16H,3,9-15H2,1-2H3,(H,27,28,29). The van der Waals surface area contributed by atoms with Crippen LogP contribution in [0.1, 0.15) is 37.0 Å². The summed E-state index contributed by atoms with van der Waals surface area (Å²) in [7, 11) is 0. The molecule has 1 aromatic carbocycles. The summed E-state index contributed by atoms with van der Waals surface area (Å²) in [5.41, 5.74) is 4.57. The van der Waals surface area contributed by atoms with Gasteiger partial charge < -0.3 is 19.7 Å². The van der Waals surface area contributed by atoms with Crippen molar-refractivity contribution in [2.75, 3.05) is 36.5 Å². The topological polar surface area (TPSA) is 72.4 Å². The maximum Gasteiger partial charge on any atom is 0.147 e. The highest BCUT2D eigenvalue weighted by Crippen LogP contribution is 2.44. The molecule has 34 heavy (non-hydrogen) atoms. The van der Waals surface area contributed by atoms with Gasteiger partial charge in [0.1, 0.15) is 22.8 Å². The van der Waals surface area contributed by atoms with Crippen LogP contribution in [0.25, 0.3) is 20.4 Å². The summed E-state index contributed by atoms with van der Waals surface area (Å²) in [5, 5.41) is 4.70. The van der Waals surface area contributed by atoms with Crippen LogP contribution in [-0.4, -0.2) is 46.9 Å². The molecule has 176 valence electrons. The largest absolute Gasteiger partial charge is 0.378 e. The zero-order valence-electron chi connectivity index (χ0n) is 19.6. The molecule has 3 aromatic heterocycles. The first-order valence-electron chi connectivity index (χ1n) is 12.0. The molecule has 0 aliphatic carbocycles. The fourth-order valence-electron chi connectivity index (χ4n) is 4.89. The first-order valence-corrected chi connectivity index (χ1v) is 12.8. The van der Waals surface area contributed by atoms with Gasteiger partial charge in [0.15, 0.2) is 0 Å². The van der Waals surface area contributed by atoms with Gasteiger partial charge in [0.2, 0.25) is 0 Å². The van der Waals surface area contributed by atoms with Gasteiger partial charge in [0.25, 0.3) is 0 Å². The molecule has 5 heterocycles. The van der Waals surface area contributed by atoms with Crippen LogP contribution in [0.5, 0.6) is 0 Å². The number of pyridine rings is 1. The van der Waals surface area contributed by atoms with Gasteiger partial charge in [-0.15, -0.1) is 11.3 Å². The lowest BCUT2D eigenvalue weighted by Crippen LogP contribution is -2.40. The molecular weight excluding hydrogens is 446 g/mol. The Morgan fingerprint density at radius 3 is 2.74 bits per heavy atom. The molecule has 2 aliphatic heterocycles. The van der Waals surface area contributed by atoms with Crippen molar-refractivity contribution < 1.29 is 9.47 Å². The first-order chi connectivity index (χ1) is 16.6. The van der Waals surface area contributed by atoms with Gasteiger partial charge in [0, 0.05) is 37.0 Å². The molecule has 1 N–H and O–H groups in total. The van der Waals surface area contributed by atoms with Crippen LogP contribution in [-0.2, 0) is 29.0 Å². The van der Waals surface area contributed by atoms with Gasteiger partial charge in [-0.1, -0.05) is 37.3 Å². The zero-order chi connectivity index (χ0) is 23.1. The Morgan fingerprint density at radius 1 is 1.12 bits per heavy atom. The Labute approximate surface area is 203 Å². The molecule has 1 fully saturated rings. The summed E-state index contributed by atoms with van der Waals surface area (Å²) in [4.78, 5) is 17.9. The van der Waals surface area contributed by atoms with Crippen molar-refractivity contribution in [1.29, 1.82) is 0 Å². The predicted molar refractivity (Wildman–Crippen MR) is 137 cm³/mol. The number of fused-ring (bicyclic) bond motifs is 5. The average molecular weight is 476 g/mol. The third-order valence-corrected chi connectivity index (χ3v) is 8.15. The smallest absolute Gasteiger partial charge is 0.147 e. The monoisotopic (exact) mass is 475 g/mol. The summed E-state index contributed by atoms with van der Waals surface area (Å²) >= 11 is 1.68. The van der Waals surface area contributed by atoms with E-state index in [4.69, 9.17) is 19.4 Å². The Balaban J connectivity index is 1.50. The molecule has 7 nitrogen and oxygen atoms in total. The van der Waals surface area contributed by atoms with Crippen molar-refractivity contribution in [1.82, 2.24) is 15.0 Å². The second kappa shape index (κ2) is 8.76. The number of aromatic nitrogens is 3. The number of benzene rings is 1. The van der Waals surface area contributed by atoms with Crippen molar-refractivity contribution in [2.24, 2.45) is 0 Å². The fourth-order valence-corrected chi connectivity index (χ4v) is 6.01. The Kier molecular flexibility index (Phi) is 5.59. The molecule has 0 spiro atoms. The van der Waals surface area contributed by atoms with E-state index in [0.717, 1.165) is 65.8 Å². The molecule has 6 rings (SSSR count). The minimum Gasteiger partial charge on any atom is -0.378 e. The van der Waals surface area contributed by atoms with Gasteiger partial charge in [-0.25, -0.2) is 15.0 Å². The number of hydrogen-bond donors (Lipinski definition) is 1. The molecule has 4 aromatic rings. The normalized spacial score (nSPS) is 20.6. The van der Waals surface area contributed by atoms with E-state index in [1.807, 2.05) is 6.07 Å². The van der Waals surface area contributed by atoms with Crippen molar-refractivity contribution in [3.05, 3.63) is 53.3 Å². The lowest BCUT2D eigenvalue weighted by molar-refractivity contribution is -0.0558. The minimum atomic E-state index is -0.181. The van der Waals surface area contributed by atoms with Gasteiger partial charge in [-0.2, -0.15) is 0 Å². The van der Waals surface area contributed by atoms with Crippen LogP contribution in [0, 0.1) is 0 Å². The van der Waals surface area contributed by atoms with E-state index < -0.39 is 0 Å². The third kappa shape index (κ3) is 3.79. The first kappa shape index (κ1) is 21.7. The number of thiophene rings is 1. The molecule has 2 aliphatic rings. The average Bonchev–Trinajstić information content (AvgIpc) is 3.27. The lowest BCUT2D eigenvalue weighted by Gasteiger charge is -2.37. The van der Waals surface area contributed by atoms with Crippen LogP contribution in [0.15, 0.2) is 36.7 Å². The summed E-state index contributed by atoms with van der Waals surface area (Å²) in [6.07, 6.45) is 3.49. The fraction of sp³-hybridized carbons (Fsp3) is 0.423. The van der Waals surface area contributed by atoms with Crippen LogP contribution in [0.3, 0.4) is 0 Å². The van der Waals surface area contributed by atoms with E-state index in [1.54, 1.807) is 17.7 Å². The number of nitrogens with one attached hydrogen (secondary N) is 1. The van der Waals surface area contributed by atoms with E-state index in [0.29, 0.717) is 13.2 Å². The van der Waals surface area contributed by atoms with Crippen LogP contribution in [0.4, 0.5) is 11.6 Å². The van der Waals surface area contributed by atoms with Crippen molar-refractivity contribution in [2.45, 2.75) is 45.4 Å². The number of ether oxygens (including phenoxy) is 2. The molecule has 0 saturated carbocycles. The maximum atomic E-state index is 6.38. The van der Waals surface area contributed by atoms with E-state index in [1.165, 1.54) is 22.1 Å². The van der Waals surface area contributed by atoms with E-state index in [-0.39, 0.29) is 5.60 Å². The third-order valence-electron chi connectivity index (χ3n) is 7.07. The lowest BCUT2D eigenvalue weighted by atomic mass is 9.87. The number of nitrogens with zero attached hydrogens (tertiary/aromatic N) is 4. The Hall–Kier alpha value is -2.81. The molecule has 0 amide bonds. The number of hydrogen-bond acceptors (Lipinski definition) is 8. The molecule has 1 unspecified atom stereocenters. The number of anilines is 2. The highest BCUT2D eigenvalue weighted by molar-refractivity contribution is 7.26. The summed E-state index contributed by atoms with van der Waals surface area (Å²) in [6, 6.07) is 10.4. The second-order valence-corrected chi connectivity index (χ2v) is 10.3. The highest BCUT2D eigenvalue weighted by Gasteiger charge is 2.35. The molecule has 1 atom stereocenters. The summed E-state index contributed by atoms with van der Waals surface area (Å²) < 4.78 is 13.0. The van der Waals surface area contributed by atoms with Crippen LogP contribution >= 0.6 is 11.3 Å². The number of rotatable bonds is 5. The predicted octanol–water partition coefficient (Wildman–Crippen LogP) is 4.93. The molecule has 8 heteroatoms. The summed E-state index contributed by atoms with van der Waals surface area (Å²) in [6.45, 7) is 8.87. The van der Waals surface area contributed by atoms with E-state index >= 15 is 0 Å². The van der Waals surface area contributed by atoms with Crippen molar-refractivity contribution >= 4 is 43.4 Å². The maximum absolute atomic E-state index is 6.38. The van der Waals surface area contributed by atoms with Crippen molar-refractivity contribution in [3.63, 3.8) is 0 Å². The minimum absolute atomic E-state index is 0.181. The van der Waals surface area contributed by atoms with Crippen LogP contribution < -0.4 is 10.2 Å². The highest BCUT2D eigenvalue weighted by atomic mass is 32.1. The van der Waals surface area contributed by atoms with Gasteiger partial charge in [-0.05, 0) is 24.5 Å². The Morgan fingerprint density at radius 2 is 1.94 bits per heavy atom. The molecular formula is C26H29N5O2S. The quantitative estimate of drug-likeness (QED) is 0.439. The molecule has 0 bridgehead atoms. The molecule has 0 radical (unpaired) electrons. The van der Waals surface area contributed by atoms with E-state index in [9.17, 15) is 0 Å². The summed E-state index contributed by atoms with van der Waals surface area (Å²) in [5.74, 6) is 1.91. The SMILES string of the molecule is CCC1(C)Cc2c(c(N3CCOCC3)nc3sc4c(NCc5ccccc5)ncnc4c23)CO1. The van der Waals surface area contributed by atoms with Gasteiger partial charge in [0.05, 0.1) is 35.6 Å². The Bertz CT molecular complexity index is 1340. The van der Waals surface area contributed by atoms with Crippen molar-refractivity contribution in [3.8, 4) is 0 Å².